The van der Waals surface area contributed by atoms with Crippen LogP contribution in [0.1, 0.15) is 23.7 Å². The Hall–Kier alpha value is -2.15. The van der Waals surface area contributed by atoms with Crippen molar-refractivity contribution >= 4 is 17.7 Å². The van der Waals surface area contributed by atoms with Gasteiger partial charge in [-0.1, -0.05) is 13.0 Å². The van der Waals surface area contributed by atoms with Crippen molar-refractivity contribution in [1.82, 2.24) is 10.6 Å². The Labute approximate surface area is 116 Å². The van der Waals surface area contributed by atoms with Gasteiger partial charge in [0.25, 0.3) is 0 Å². The third-order valence-corrected chi connectivity index (χ3v) is 2.55. The molecule has 0 bridgehead atoms. The zero-order valence-electron chi connectivity index (χ0n) is 11.2. The maximum atomic E-state index is 13.5. The van der Waals surface area contributed by atoms with Crippen molar-refractivity contribution in [3.63, 3.8) is 0 Å². The van der Waals surface area contributed by atoms with Crippen molar-refractivity contribution in [1.29, 1.82) is 0 Å². The number of benzene rings is 1. The number of para-hydroxylation sites is 1. The van der Waals surface area contributed by atoms with Crippen molar-refractivity contribution in [3.8, 4) is 0 Å². The minimum Gasteiger partial charge on any atom is -0.478 e. The van der Waals surface area contributed by atoms with Crippen molar-refractivity contribution in [2.75, 3.05) is 25.0 Å². The Bertz CT molecular complexity index is 480. The molecular weight excluding hydrogens is 265 g/mol. The van der Waals surface area contributed by atoms with Gasteiger partial charge in [-0.2, -0.15) is 0 Å². The summed E-state index contributed by atoms with van der Waals surface area (Å²) in [5.41, 5.74) is -0.614. The average Bonchev–Trinajstić information content (AvgIpc) is 2.40. The number of hydrogen-bond acceptors (Lipinski definition) is 3. The van der Waals surface area contributed by atoms with Gasteiger partial charge in [0.2, 0.25) is 0 Å². The zero-order chi connectivity index (χ0) is 15.0. The summed E-state index contributed by atoms with van der Waals surface area (Å²) in [6.07, 6.45) is 0.727. The molecule has 0 saturated heterocycles. The number of aromatic carboxylic acids is 1. The molecule has 0 spiro atoms. The van der Waals surface area contributed by atoms with Crippen molar-refractivity contribution in [3.05, 3.63) is 29.6 Å². The van der Waals surface area contributed by atoms with E-state index in [0.29, 0.717) is 6.54 Å². The first-order valence-corrected chi connectivity index (χ1v) is 6.33. The Morgan fingerprint density at radius 2 is 2.05 bits per heavy atom. The van der Waals surface area contributed by atoms with E-state index in [1.165, 1.54) is 12.1 Å². The van der Waals surface area contributed by atoms with E-state index in [0.717, 1.165) is 25.6 Å². The van der Waals surface area contributed by atoms with Crippen LogP contribution in [0, 0.1) is 5.82 Å². The summed E-state index contributed by atoms with van der Waals surface area (Å²) in [5.74, 6) is -2.08. The zero-order valence-corrected chi connectivity index (χ0v) is 11.2. The van der Waals surface area contributed by atoms with E-state index >= 15 is 0 Å². The van der Waals surface area contributed by atoms with Crippen LogP contribution in [0.15, 0.2) is 18.2 Å². The highest BCUT2D eigenvalue weighted by Crippen LogP contribution is 2.19. The van der Waals surface area contributed by atoms with Crippen molar-refractivity contribution < 1.29 is 19.1 Å². The highest BCUT2D eigenvalue weighted by Gasteiger charge is 2.16. The van der Waals surface area contributed by atoms with E-state index in [2.05, 4.69) is 16.0 Å². The third kappa shape index (κ3) is 4.85. The number of anilines is 1. The van der Waals surface area contributed by atoms with Gasteiger partial charge in [-0.15, -0.1) is 0 Å². The fraction of sp³-hybridized carbons (Fsp3) is 0.385. The number of urea groups is 1. The van der Waals surface area contributed by atoms with E-state index in [4.69, 9.17) is 5.11 Å². The van der Waals surface area contributed by atoms with E-state index in [1.807, 2.05) is 6.92 Å². The second kappa shape index (κ2) is 8.11. The molecule has 0 saturated carbocycles. The molecule has 0 aliphatic rings. The molecule has 4 N–H and O–H groups in total. The Morgan fingerprint density at radius 3 is 2.70 bits per heavy atom. The van der Waals surface area contributed by atoms with Gasteiger partial charge in [0.15, 0.2) is 0 Å². The van der Waals surface area contributed by atoms with Gasteiger partial charge in [0, 0.05) is 6.54 Å². The predicted octanol–water partition coefficient (Wildman–Crippen LogP) is 1.64. The van der Waals surface area contributed by atoms with Crippen LogP contribution >= 0.6 is 0 Å². The molecule has 0 aromatic heterocycles. The third-order valence-electron chi connectivity index (χ3n) is 2.55. The number of nitrogens with one attached hydrogen (secondary N) is 3. The quantitative estimate of drug-likeness (QED) is 0.573. The highest BCUT2D eigenvalue weighted by atomic mass is 19.1. The Morgan fingerprint density at radius 1 is 1.30 bits per heavy atom. The molecule has 7 heteroatoms. The lowest BCUT2D eigenvalue weighted by molar-refractivity contribution is 0.0697. The van der Waals surface area contributed by atoms with E-state index in [-0.39, 0.29) is 11.3 Å². The molecule has 0 unspecified atom stereocenters. The Balaban J connectivity index is 2.55. The number of rotatable bonds is 7. The number of carbonyl (C=O) groups is 2. The van der Waals surface area contributed by atoms with Crippen molar-refractivity contribution in [2.45, 2.75) is 13.3 Å². The van der Waals surface area contributed by atoms with Crippen LogP contribution in [0.2, 0.25) is 0 Å². The summed E-state index contributed by atoms with van der Waals surface area (Å²) in [6.45, 7) is 4.00. The first-order valence-electron chi connectivity index (χ1n) is 6.33. The maximum absolute atomic E-state index is 13.5. The summed E-state index contributed by atoms with van der Waals surface area (Å²) in [7, 11) is 0. The lowest BCUT2D eigenvalue weighted by Gasteiger charge is -2.10. The summed E-state index contributed by atoms with van der Waals surface area (Å²) < 4.78 is 13.5. The molecule has 2 amide bonds. The highest BCUT2D eigenvalue weighted by molar-refractivity contribution is 6.00. The van der Waals surface area contributed by atoms with Gasteiger partial charge in [-0.3, -0.25) is 0 Å². The van der Waals surface area contributed by atoms with E-state index in [9.17, 15) is 14.0 Å². The predicted molar refractivity (Wildman–Crippen MR) is 73.5 cm³/mol. The number of carboxylic acids is 1. The summed E-state index contributed by atoms with van der Waals surface area (Å²) in [5, 5.41) is 16.8. The summed E-state index contributed by atoms with van der Waals surface area (Å²) in [6, 6.07) is 2.96. The smallest absolute Gasteiger partial charge is 0.337 e. The van der Waals surface area contributed by atoms with E-state index in [1.54, 1.807) is 0 Å². The first-order chi connectivity index (χ1) is 9.56. The molecule has 1 aromatic rings. The van der Waals surface area contributed by atoms with Crippen LogP contribution in [-0.2, 0) is 0 Å². The maximum Gasteiger partial charge on any atom is 0.337 e. The van der Waals surface area contributed by atoms with Gasteiger partial charge in [-0.05, 0) is 31.6 Å². The van der Waals surface area contributed by atoms with Gasteiger partial charge < -0.3 is 21.1 Å². The fourth-order valence-electron chi connectivity index (χ4n) is 1.58. The minimum absolute atomic E-state index is 0.284. The molecule has 20 heavy (non-hydrogen) atoms. The second-order valence-electron chi connectivity index (χ2n) is 4.06. The molecule has 0 heterocycles. The first kappa shape index (κ1) is 15.9. The molecule has 0 fully saturated rings. The summed E-state index contributed by atoms with van der Waals surface area (Å²) >= 11 is 0. The van der Waals surface area contributed by atoms with Gasteiger partial charge in [-0.25, -0.2) is 14.0 Å². The molecule has 0 atom stereocenters. The average molecular weight is 283 g/mol. The normalized spacial score (nSPS) is 10.1. The van der Waals surface area contributed by atoms with Crippen LogP contribution in [0.25, 0.3) is 0 Å². The van der Waals surface area contributed by atoms with Crippen LogP contribution in [0.3, 0.4) is 0 Å². The fourth-order valence-corrected chi connectivity index (χ4v) is 1.58. The van der Waals surface area contributed by atoms with Crippen LogP contribution in [0.4, 0.5) is 14.9 Å². The SMILES string of the molecule is CCNCCCNC(=O)Nc1c(F)cccc1C(=O)O. The lowest BCUT2D eigenvalue weighted by Crippen LogP contribution is -2.32. The monoisotopic (exact) mass is 283 g/mol. The molecular formula is C13H18FN3O3. The van der Waals surface area contributed by atoms with Crippen LogP contribution in [-0.4, -0.2) is 36.7 Å². The van der Waals surface area contributed by atoms with Crippen molar-refractivity contribution in [2.24, 2.45) is 0 Å². The minimum atomic E-state index is -1.30. The van der Waals surface area contributed by atoms with E-state index < -0.39 is 17.8 Å². The Kier molecular flexibility index (Phi) is 6.45. The number of hydrogen-bond donors (Lipinski definition) is 4. The molecule has 0 aliphatic carbocycles. The topological polar surface area (TPSA) is 90.5 Å². The largest absolute Gasteiger partial charge is 0.478 e. The number of halogens is 1. The standard InChI is InChI=1S/C13H18FN3O3/c1-2-15-7-4-8-16-13(20)17-11-9(12(18)19)5-3-6-10(11)14/h3,5-6,15H,2,4,7-8H2,1H3,(H,18,19)(H2,16,17,20). The number of carbonyl (C=O) groups excluding carboxylic acids is 1. The van der Waals surface area contributed by atoms with Crippen LogP contribution < -0.4 is 16.0 Å². The number of amides is 2. The van der Waals surface area contributed by atoms with Gasteiger partial charge >= 0.3 is 12.0 Å². The van der Waals surface area contributed by atoms with Gasteiger partial charge in [0.05, 0.1) is 11.3 Å². The molecule has 0 aliphatic heterocycles. The number of carboxylic acid groups (broad SMARTS) is 1. The molecule has 1 rings (SSSR count). The molecule has 6 nitrogen and oxygen atoms in total. The molecule has 110 valence electrons. The molecule has 1 aromatic carbocycles. The van der Waals surface area contributed by atoms with Crippen LogP contribution in [0.5, 0.6) is 0 Å². The lowest BCUT2D eigenvalue weighted by atomic mass is 10.1. The molecule has 0 radical (unpaired) electrons. The summed E-state index contributed by atoms with van der Waals surface area (Å²) in [4.78, 5) is 22.5. The van der Waals surface area contributed by atoms with Gasteiger partial charge in [0.1, 0.15) is 5.82 Å². The second-order valence-corrected chi connectivity index (χ2v) is 4.06.